The molecular formula is C63H44N2S. The third kappa shape index (κ3) is 6.08. The average molecular weight is 861 g/mol. The third-order valence-corrected chi connectivity index (χ3v) is 15.2. The van der Waals surface area contributed by atoms with Gasteiger partial charge in [-0.2, -0.15) is 0 Å². The SMILES string of the molecule is CC1(C)c2ccccc2-c2cc3c4cc(-c5ccc(N(c6ccc(-c7ccccc7)cc6)c6ccc(-c7cccc8c7sc7ccccc78)cc6)cc5)ccc4n(-c4ccccc4)c3cc21. The molecule has 2 heterocycles. The maximum absolute atomic E-state index is 2.46. The third-order valence-electron chi connectivity index (χ3n) is 14.0. The first kappa shape index (κ1) is 38.5. The Balaban J connectivity index is 0.910. The summed E-state index contributed by atoms with van der Waals surface area (Å²) in [6, 6.07) is 84.9. The highest BCUT2D eigenvalue weighted by atomic mass is 32.1. The fraction of sp³-hybridized carbons (Fsp3) is 0.0476. The maximum atomic E-state index is 2.46. The Hall–Kier alpha value is -7.98. The highest BCUT2D eigenvalue weighted by Crippen LogP contribution is 2.51. The molecule has 0 N–H and O–H groups in total. The maximum Gasteiger partial charge on any atom is 0.0544 e. The van der Waals surface area contributed by atoms with E-state index >= 15 is 0 Å². The van der Waals surface area contributed by atoms with Crippen molar-refractivity contribution in [1.82, 2.24) is 4.57 Å². The van der Waals surface area contributed by atoms with Crippen molar-refractivity contribution in [1.29, 1.82) is 0 Å². The molecule has 0 atom stereocenters. The average Bonchev–Trinajstić information content (AvgIpc) is 3.99. The molecule has 2 aromatic heterocycles. The van der Waals surface area contributed by atoms with E-state index in [2.05, 4.69) is 254 Å². The minimum atomic E-state index is -0.0842. The van der Waals surface area contributed by atoms with Crippen molar-refractivity contribution in [2.75, 3.05) is 4.90 Å². The van der Waals surface area contributed by atoms with Gasteiger partial charge in [0.2, 0.25) is 0 Å². The second-order valence-electron chi connectivity index (χ2n) is 18.1. The Morgan fingerprint density at radius 2 is 0.909 bits per heavy atom. The molecule has 0 radical (unpaired) electrons. The molecule has 0 unspecified atom stereocenters. The van der Waals surface area contributed by atoms with E-state index in [1.165, 1.54) is 103 Å². The zero-order valence-corrected chi connectivity index (χ0v) is 37.6. The monoisotopic (exact) mass is 860 g/mol. The van der Waals surface area contributed by atoms with Crippen molar-refractivity contribution in [3.05, 3.63) is 242 Å². The van der Waals surface area contributed by atoms with Crippen molar-refractivity contribution < 1.29 is 0 Å². The lowest BCUT2D eigenvalue weighted by Crippen LogP contribution is -2.14. The van der Waals surface area contributed by atoms with E-state index < -0.39 is 0 Å². The fourth-order valence-electron chi connectivity index (χ4n) is 10.7. The van der Waals surface area contributed by atoms with Gasteiger partial charge in [-0.1, -0.05) is 166 Å². The Kier molecular flexibility index (Phi) is 8.78. The number of thiophene rings is 1. The van der Waals surface area contributed by atoms with E-state index in [1.807, 2.05) is 11.3 Å². The van der Waals surface area contributed by atoms with Crippen LogP contribution in [0.3, 0.4) is 0 Å². The quantitative estimate of drug-likeness (QED) is 0.155. The number of hydrogen-bond acceptors (Lipinski definition) is 2. The summed E-state index contributed by atoms with van der Waals surface area (Å²) in [5.74, 6) is 0. The topological polar surface area (TPSA) is 8.17 Å². The van der Waals surface area contributed by atoms with Crippen molar-refractivity contribution in [2.24, 2.45) is 0 Å². The number of hydrogen-bond donors (Lipinski definition) is 0. The molecule has 0 spiro atoms. The van der Waals surface area contributed by atoms with Gasteiger partial charge in [-0.25, -0.2) is 0 Å². The van der Waals surface area contributed by atoms with Gasteiger partial charge in [-0.05, 0) is 134 Å². The molecule has 10 aromatic carbocycles. The van der Waals surface area contributed by atoms with Crippen molar-refractivity contribution in [2.45, 2.75) is 19.3 Å². The van der Waals surface area contributed by atoms with Gasteiger partial charge in [0.25, 0.3) is 0 Å². The van der Waals surface area contributed by atoms with Crippen LogP contribution in [-0.2, 0) is 5.41 Å². The van der Waals surface area contributed by atoms with E-state index in [0.29, 0.717) is 0 Å². The van der Waals surface area contributed by atoms with E-state index in [1.54, 1.807) is 0 Å². The summed E-state index contributed by atoms with van der Waals surface area (Å²) in [5.41, 5.74) is 19.6. The lowest BCUT2D eigenvalue weighted by Gasteiger charge is -2.26. The lowest BCUT2D eigenvalue weighted by molar-refractivity contribution is 0.661. The van der Waals surface area contributed by atoms with Crippen LogP contribution in [0.1, 0.15) is 25.0 Å². The van der Waals surface area contributed by atoms with Crippen LogP contribution in [0.2, 0.25) is 0 Å². The normalized spacial score (nSPS) is 12.8. The summed E-state index contributed by atoms with van der Waals surface area (Å²) in [6.07, 6.45) is 0. The fourth-order valence-corrected chi connectivity index (χ4v) is 11.9. The van der Waals surface area contributed by atoms with Crippen LogP contribution in [0.15, 0.2) is 231 Å². The number of fused-ring (bicyclic) bond motifs is 9. The molecule has 12 aromatic rings. The molecule has 0 amide bonds. The van der Waals surface area contributed by atoms with Crippen molar-refractivity contribution in [3.63, 3.8) is 0 Å². The van der Waals surface area contributed by atoms with Crippen LogP contribution in [0.25, 0.3) is 92.2 Å². The predicted molar refractivity (Wildman–Crippen MR) is 282 cm³/mol. The van der Waals surface area contributed by atoms with Crippen LogP contribution in [0.4, 0.5) is 17.1 Å². The molecule has 1 aliphatic rings. The second-order valence-corrected chi connectivity index (χ2v) is 19.2. The number of aromatic nitrogens is 1. The highest BCUT2D eigenvalue weighted by molar-refractivity contribution is 7.26. The molecule has 0 fully saturated rings. The van der Waals surface area contributed by atoms with E-state index in [0.717, 1.165) is 17.1 Å². The smallest absolute Gasteiger partial charge is 0.0544 e. The van der Waals surface area contributed by atoms with E-state index in [4.69, 9.17) is 0 Å². The van der Waals surface area contributed by atoms with Gasteiger partial charge in [-0.3, -0.25) is 0 Å². The van der Waals surface area contributed by atoms with Crippen LogP contribution in [-0.4, -0.2) is 4.57 Å². The largest absolute Gasteiger partial charge is 0.311 e. The zero-order chi connectivity index (χ0) is 43.9. The van der Waals surface area contributed by atoms with Gasteiger partial charge >= 0.3 is 0 Å². The number of rotatable bonds is 7. The van der Waals surface area contributed by atoms with E-state index in [-0.39, 0.29) is 5.41 Å². The van der Waals surface area contributed by atoms with Gasteiger partial charge in [-0.15, -0.1) is 11.3 Å². The van der Waals surface area contributed by atoms with Crippen molar-refractivity contribution in [3.8, 4) is 50.2 Å². The van der Waals surface area contributed by atoms with Gasteiger partial charge in [0.15, 0.2) is 0 Å². The first-order chi connectivity index (χ1) is 32.5. The number of nitrogens with zero attached hydrogens (tertiary/aromatic N) is 2. The summed E-state index contributed by atoms with van der Waals surface area (Å²) < 4.78 is 5.10. The van der Waals surface area contributed by atoms with Gasteiger partial charge in [0, 0.05) is 59.1 Å². The summed E-state index contributed by atoms with van der Waals surface area (Å²) in [5, 5.41) is 5.17. The van der Waals surface area contributed by atoms with Gasteiger partial charge in [0.05, 0.1) is 11.0 Å². The summed E-state index contributed by atoms with van der Waals surface area (Å²) >= 11 is 1.88. The zero-order valence-electron chi connectivity index (χ0n) is 36.7. The Bertz CT molecular complexity index is 3800. The standard InChI is InChI=1S/C63H44N2S/c1-63(2)57-22-11-9-18-51(57)54-39-56-55-38-45(30-37-59(55)65(60(56)40-58(54)63)46-16-7-4-8-17-46)43-26-33-48(34-27-43)64(47-31-24-42(25-32-47)41-14-5-3-6-15-41)49-35-28-44(29-36-49)50-20-13-21-53-52-19-10-12-23-61(52)66-62(50)53/h3-40H,1-2H3. The van der Waals surface area contributed by atoms with Crippen molar-refractivity contribution >= 4 is 70.4 Å². The molecule has 0 aliphatic heterocycles. The molecule has 1 aliphatic carbocycles. The molecule has 0 saturated carbocycles. The second kappa shape index (κ2) is 15.1. The molecule has 0 saturated heterocycles. The minimum Gasteiger partial charge on any atom is -0.311 e. The summed E-state index contributed by atoms with van der Waals surface area (Å²) in [6.45, 7) is 4.73. The molecule has 0 bridgehead atoms. The molecule has 13 rings (SSSR count). The first-order valence-electron chi connectivity index (χ1n) is 22.8. The van der Waals surface area contributed by atoms with Gasteiger partial charge in [0.1, 0.15) is 0 Å². The Labute approximate surface area is 388 Å². The molecule has 312 valence electrons. The number of para-hydroxylation sites is 1. The van der Waals surface area contributed by atoms with Crippen LogP contribution in [0, 0.1) is 0 Å². The van der Waals surface area contributed by atoms with E-state index in [9.17, 15) is 0 Å². The molecule has 3 heteroatoms. The first-order valence-corrected chi connectivity index (χ1v) is 23.6. The van der Waals surface area contributed by atoms with Crippen LogP contribution >= 0.6 is 11.3 Å². The number of anilines is 3. The Morgan fingerprint density at radius 1 is 0.364 bits per heavy atom. The lowest BCUT2D eigenvalue weighted by atomic mass is 9.82. The predicted octanol–water partition coefficient (Wildman–Crippen LogP) is 17.9. The highest BCUT2D eigenvalue weighted by Gasteiger charge is 2.36. The number of benzene rings is 10. The molecule has 2 nitrogen and oxygen atoms in total. The summed E-state index contributed by atoms with van der Waals surface area (Å²) in [4.78, 5) is 2.37. The van der Waals surface area contributed by atoms with Gasteiger partial charge < -0.3 is 9.47 Å². The summed E-state index contributed by atoms with van der Waals surface area (Å²) in [7, 11) is 0. The van der Waals surface area contributed by atoms with Crippen LogP contribution in [0.5, 0.6) is 0 Å². The molecule has 66 heavy (non-hydrogen) atoms. The Morgan fingerprint density at radius 3 is 1.64 bits per heavy atom. The van der Waals surface area contributed by atoms with Crippen LogP contribution < -0.4 is 4.90 Å². The minimum absolute atomic E-state index is 0.0842. The molecular weight excluding hydrogens is 817 g/mol.